The third kappa shape index (κ3) is 3.73. The van der Waals surface area contributed by atoms with Gasteiger partial charge in [0.1, 0.15) is 10.7 Å². The lowest BCUT2D eigenvalue weighted by Gasteiger charge is -2.11. The van der Waals surface area contributed by atoms with Crippen LogP contribution in [0.2, 0.25) is 0 Å². The van der Waals surface area contributed by atoms with Gasteiger partial charge in [-0.15, -0.1) is 11.3 Å². The van der Waals surface area contributed by atoms with Crippen molar-refractivity contribution in [3.63, 3.8) is 0 Å². The quantitative estimate of drug-likeness (QED) is 0.720. The molecule has 26 heavy (non-hydrogen) atoms. The van der Waals surface area contributed by atoms with Crippen molar-refractivity contribution < 1.29 is 22.7 Å². The van der Waals surface area contributed by atoms with Crippen molar-refractivity contribution >= 4 is 33.0 Å². The standard InChI is InChI=1S/C17H13FN2O4S2/c1-10-19-15(9-25-10)11-2-5-13(6-3-11)20-26(23,24)16-8-12(17(21)22)4-7-14(16)18/h2-9,20H,1H3,(H,21,22)/p-1. The molecule has 0 saturated heterocycles. The van der Waals surface area contributed by atoms with Crippen LogP contribution in [0.1, 0.15) is 15.4 Å². The Bertz CT molecular complexity index is 1080. The van der Waals surface area contributed by atoms with Crippen LogP contribution in [-0.2, 0) is 10.0 Å². The van der Waals surface area contributed by atoms with Gasteiger partial charge in [0.2, 0.25) is 0 Å². The van der Waals surface area contributed by atoms with Crippen molar-refractivity contribution in [2.45, 2.75) is 11.8 Å². The maximum absolute atomic E-state index is 13.9. The highest BCUT2D eigenvalue weighted by Gasteiger charge is 2.20. The van der Waals surface area contributed by atoms with E-state index in [9.17, 15) is 22.7 Å². The van der Waals surface area contributed by atoms with E-state index in [4.69, 9.17) is 0 Å². The number of carboxylic acids is 1. The fraction of sp³-hybridized carbons (Fsp3) is 0.0588. The van der Waals surface area contributed by atoms with Crippen molar-refractivity contribution in [1.82, 2.24) is 4.98 Å². The summed E-state index contributed by atoms with van der Waals surface area (Å²) in [6.07, 6.45) is 0. The molecule has 0 atom stereocenters. The molecule has 0 saturated carbocycles. The number of carbonyl (C=O) groups excluding carboxylic acids is 1. The summed E-state index contributed by atoms with van der Waals surface area (Å²) in [6, 6.07) is 8.83. The number of benzene rings is 2. The van der Waals surface area contributed by atoms with Crippen molar-refractivity contribution in [3.05, 3.63) is 64.2 Å². The van der Waals surface area contributed by atoms with Crippen LogP contribution >= 0.6 is 11.3 Å². The first kappa shape index (κ1) is 18.0. The van der Waals surface area contributed by atoms with Gasteiger partial charge in [0.15, 0.2) is 0 Å². The van der Waals surface area contributed by atoms with Gasteiger partial charge in [0, 0.05) is 16.6 Å². The number of thiazole rings is 1. The summed E-state index contributed by atoms with van der Waals surface area (Å²) in [5.41, 5.74) is 1.36. The summed E-state index contributed by atoms with van der Waals surface area (Å²) in [6.45, 7) is 1.88. The van der Waals surface area contributed by atoms with E-state index in [1.165, 1.54) is 23.5 Å². The largest absolute Gasteiger partial charge is 0.545 e. The molecular formula is C17H12FN2O4S2-. The fourth-order valence-corrected chi connectivity index (χ4v) is 4.04. The number of carbonyl (C=O) groups is 1. The SMILES string of the molecule is Cc1nc(-c2ccc(NS(=O)(=O)c3cc(C(=O)[O-])ccc3F)cc2)cs1. The highest BCUT2D eigenvalue weighted by atomic mass is 32.2. The maximum atomic E-state index is 13.9. The average molecular weight is 391 g/mol. The van der Waals surface area contributed by atoms with Crippen LogP contribution in [0, 0.1) is 12.7 Å². The van der Waals surface area contributed by atoms with Gasteiger partial charge in [0.05, 0.1) is 16.7 Å². The summed E-state index contributed by atoms with van der Waals surface area (Å²) < 4.78 is 40.9. The molecule has 0 aliphatic heterocycles. The number of aryl methyl sites for hydroxylation is 1. The highest BCUT2D eigenvalue weighted by Crippen LogP contribution is 2.25. The molecule has 0 aliphatic carbocycles. The van der Waals surface area contributed by atoms with Crippen LogP contribution in [0.3, 0.4) is 0 Å². The van der Waals surface area contributed by atoms with Crippen molar-refractivity contribution in [1.29, 1.82) is 0 Å². The second-order valence-corrected chi connectivity index (χ2v) is 8.08. The molecule has 6 nitrogen and oxygen atoms in total. The third-order valence-electron chi connectivity index (χ3n) is 3.51. The topological polar surface area (TPSA) is 99.2 Å². The van der Waals surface area contributed by atoms with Gasteiger partial charge in [-0.05, 0) is 36.8 Å². The first-order valence-corrected chi connectivity index (χ1v) is 9.69. The maximum Gasteiger partial charge on any atom is 0.264 e. The van der Waals surface area contributed by atoms with Crippen LogP contribution in [0.4, 0.5) is 10.1 Å². The number of hydrogen-bond donors (Lipinski definition) is 1. The second kappa shape index (κ2) is 6.85. The van der Waals surface area contributed by atoms with Crippen LogP contribution < -0.4 is 9.83 Å². The molecule has 9 heteroatoms. The zero-order valence-corrected chi connectivity index (χ0v) is 15.0. The number of rotatable bonds is 5. The van der Waals surface area contributed by atoms with Crippen LogP contribution in [-0.4, -0.2) is 19.4 Å². The van der Waals surface area contributed by atoms with Gasteiger partial charge in [-0.3, -0.25) is 4.72 Å². The number of sulfonamides is 1. The van der Waals surface area contributed by atoms with E-state index in [-0.39, 0.29) is 5.69 Å². The summed E-state index contributed by atoms with van der Waals surface area (Å²) in [4.78, 5) is 14.4. The molecule has 0 fully saturated rings. The molecule has 0 spiro atoms. The first-order chi connectivity index (χ1) is 12.3. The monoisotopic (exact) mass is 391 g/mol. The lowest BCUT2D eigenvalue weighted by atomic mass is 10.1. The number of nitrogens with zero attached hydrogens (tertiary/aromatic N) is 1. The smallest absolute Gasteiger partial charge is 0.264 e. The molecular weight excluding hydrogens is 379 g/mol. The molecule has 0 aliphatic rings. The summed E-state index contributed by atoms with van der Waals surface area (Å²) in [5, 5.41) is 13.7. The zero-order chi connectivity index (χ0) is 18.9. The number of halogens is 1. The van der Waals surface area contributed by atoms with Gasteiger partial charge >= 0.3 is 0 Å². The van der Waals surface area contributed by atoms with E-state index in [2.05, 4.69) is 9.71 Å². The molecule has 0 radical (unpaired) electrons. The highest BCUT2D eigenvalue weighted by molar-refractivity contribution is 7.92. The average Bonchev–Trinajstić information content (AvgIpc) is 3.01. The molecule has 1 heterocycles. The molecule has 1 N–H and O–H groups in total. The predicted molar refractivity (Wildman–Crippen MR) is 93.8 cm³/mol. The molecule has 2 aromatic carbocycles. The number of hydrogen-bond acceptors (Lipinski definition) is 6. The van der Waals surface area contributed by atoms with Gasteiger partial charge < -0.3 is 9.90 Å². The molecule has 1 aromatic heterocycles. The number of carboxylic acid groups (broad SMARTS) is 1. The Balaban J connectivity index is 1.88. The Labute approximate surface area is 153 Å². The lowest BCUT2D eigenvalue weighted by molar-refractivity contribution is -0.255. The van der Waals surface area contributed by atoms with Gasteiger partial charge in [0.25, 0.3) is 10.0 Å². The summed E-state index contributed by atoms with van der Waals surface area (Å²) in [7, 11) is -4.30. The summed E-state index contributed by atoms with van der Waals surface area (Å²) >= 11 is 1.50. The Kier molecular flexibility index (Phi) is 4.75. The van der Waals surface area contributed by atoms with Gasteiger partial charge in [-0.1, -0.05) is 18.2 Å². The Hall–Kier alpha value is -2.78. The van der Waals surface area contributed by atoms with E-state index >= 15 is 0 Å². The minimum atomic E-state index is -4.30. The Morgan fingerprint density at radius 3 is 2.46 bits per heavy atom. The van der Waals surface area contributed by atoms with E-state index < -0.39 is 32.3 Å². The fourth-order valence-electron chi connectivity index (χ4n) is 2.25. The van der Waals surface area contributed by atoms with Gasteiger partial charge in [-0.2, -0.15) is 0 Å². The van der Waals surface area contributed by atoms with E-state index in [1.807, 2.05) is 12.3 Å². The molecule has 3 rings (SSSR count). The molecule has 0 unspecified atom stereocenters. The molecule has 0 amide bonds. The van der Waals surface area contributed by atoms with Crippen LogP contribution in [0.25, 0.3) is 11.3 Å². The van der Waals surface area contributed by atoms with Crippen molar-refractivity contribution in [2.24, 2.45) is 0 Å². The summed E-state index contributed by atoms with van der Waals surface area (Å²) in [5.74, 6) is -2.65. The Morgan fingerprint density at radius 1 is 1.19 bits per heavy atom. The lowest BCUT2D eigenvalue weighted by Crippen LogP contribution is -2.23. The second-order valence-electron chi connectivity index (χ2n) is 5.37. The Morgan fingerprint density at radius 2 is 1.88 bits per heavy atom. The van der Waals surface area contributed by atoms with Crippen molar-refractivity contribution in [2.75, 3.05) is 4.72 Å². The zero-order valence-electron chi connectivity index (χ0n) is 13.4. The van der Waals surface area contributed by atoms with Gasteiger partial charge in [-0.25, -0.2) is 17.8 Å². The first-order valence-electron chi connectivity index (χ1n) is 7.32. The minimum Gasteiger partial charge on any atom is -0.545 e. The third-order valence-corrected chi connectivity index (χ3v) is 5.68. The van der Waals surface area contributed by atoms with Crippen molar-refractivity contribution in [3.8, 4) is 11.3 Å². The van der Waals surface area contributed by atoms with E-state index in [0.29, 0.717) is 0 Å². The number of anilines is 1. The number of aromatic carboxylic acids is 1. The van der Waals surface area contributed by atoms with E-state index in [1.54, 1.807) is 12.1 Å². The molecule has 0 bridgehead atoms. The molecule has 134 valence electrons. The van der Waals surface area contributed by atoms with E-state index in [0.717, 1.165) is 34.5 Å². The normalized spacial score (nSPS) is 11.3. The van der Waals surface area contributed by atoms with Crippen LogP contribution in [0.15, 0.2) is 52.7 Å². The van der Waals surface area contributed by atoms with Crippen LogP contribution in [0.5, 0.6) is 0 Å². The predicted octanol–water partition coefficient (Wildman–Crippen LogP) is 2.42. The number of aromatic nitrogens is 1. The molecule has 3 aromatic rings. The number of nitrogens with one attached hydrogen (secondary N) is 1. The minimum absolute atomic E-state index is 0.207.